The Morgan fingerprint density at radius 1 is 1.45 bits per heavy atom. The van der Waals surface area contributed by atoms with Crippen LogP contribution in [0.3, 0.4) is 0 Å². The van der Waals surface area contributed by atoms with Gasteiger partial charge < -0.3 is 11.1 Å². The molecule has 2 heterocycles. The second-order valence-corrected chi connectivity index (χ2v) is 4.88. The lowest BCUT2D eigenvalue weighted by Gasteiger charge is -2.09. The van der Waals surface area contributed by atoms with Crippen molar-refractivity contribution < 1.29 is 4.79 Å². The number of pyridine rings is 1. The highest BCUT2D eigenvalue weighted by molar-refractivity contribution is 5.94. The highest BCUT2D eigenvalue weighted by Crippen LogP contribution is 2.16. The number of nitrogens with two attached hydrogens (primary N) is 1. The minimum absolute atomic E-state index is 0.211. The molecule has 0 spiro atoms. The van der Waals surface area contributed by atoms with E-state index in [2.05, 4.69) is 20.4 Å². The van der Waals surface area contributed by atoms with Crippen molar-refractivity contribution in [3.05, 3.63) is 35.5 Å². The first-order valence-corrected chi connectivity index (χ1v) is 6.36. The van der Waals surface area contributed by atoms with Crippen molar-refractivity contribution in [2.75, 3.05) is 5.73 Å². The van der Waals surface area contributed by atoms with Crippen LogP contribution in [0, 0.1) is 0 Å². The van der Waals surface area contributed by atoms with E-state index in [4.69, 9.17) is 5.73 Å². The summed E-state index contributed by atoms with van der Waals surface area (Å²) >= 11 is 0. The summed E-state index contributed by atoms with van der Waals surface area (Å²) in [6.07, 6.45) is 1.59. The fraction of sp³-hybridized carbons (Fsp3) is 0.385. The zero-order valence-corrected chi connectivity index (χ0v) is 11.8. The van der Waals surface area contributed by atoms with E-state index in [0.717, 1.165) is 5.69 Å². The van der Waals surface area contributed by atoms with Crippen LogP contribution < -0.4 is 11.1 Å². The average Bonchev–Trinajstić information content (AvgIpc) is 2.81. The summed E-state index contributed by atoms with van der Waals surface area (Å²) in [7, 11) is 1.77. The molecule has 0 aromatic carbocycles. The van der Waals surface area contributed by atoms with Crippen molar-refractivity contribution in [3.63, 3.8) is 0 Å². The number of nitrogen functional groups attached to an aromatic ring is 1. The van der Waals surface area contributed by atoms with Gasteiger partial charge in [-0.2, -0.15) is 5.10 Å². The highest BCUT2D eigenvalue weighted by Gasteiger charge is 2.11. The van der Waals surface area contributed by atoms with Crippen LogP contribution in [0.4, 0.5) is 5.82 Å². The standard InChI is InChI=1S/C13H18N6O/c1-8(2)10-4-9(5-11(14)17-10)13(20)15-6-12-16-7-19(3)18-12/h4-5,7-8H,6H2,1-3H3,(H2,14,17)(H,15,20). The third kappa shape index (κ3) is 3.31. The number of anilines is 1. The third-order valence-corrected chi connectivity index (χ3v) is 2.77. The van der Waals surface area contributed by atoms with Gasteiger partial charge in [0, 0.05) is 18.3 Å². The Bertz CT molecular complexity index is 619. The van der Waals surface area contributed by atoms with E-state index in [1.54, 1.807) is 30.2 Å². The fourth-order valence-corrected chi connectivity index (χ4v) is 1.73. The maximum Gasteiger partial charge on any atom is 0.251 e. The SMILES string of the molecule is CC(C)c1cc(C(=O)NCc2ncn(C)n2)cc(N)n1. The first-order chi connectivity index (χ1) is 9.45. The minimum Gasteiger partial charge on any atom is -0.384 e. The van der Waals surface area contributed by atoms with Gasteiger partial charge in [0.1, 0.15) is 12.1 Å². The zero-order valence-electron chi connectivity index (χ0n) is 11.8. The Balaban J connectivity index is 2.09. The zero-order chi connectivity index (χ0) is 14.7. The molecule has 0 saturated heterocycles. The molecule has 0 aliphatic carbocycles. The number of hydrogen-bond acceptors (Lipinski definition) is 5. The van der Waals surface area contributed by atoms with Crippen molar-refractivity contribution in [2.24, 2.45) is 7.05 Å². The van der Waals surface area contributed by atoms with E-state index in [9.17, 15) is 4.79 Å². The summed E-state index contributed by atoms with van der Waals surface area (Å²) in [4.78, 5) is 20.3. The van der Waals surface area contributed by atoms with Gasteiger partial charge in [-0.3, -0.25) is 9.48 Å². The first kappa shape index (κ1) is 14.0. The van der Waals surface area contributed by atoms with Crippen molar-refractivity contribution in [1.29, 1.82) is 0 Å². The summed E-state index contributed by atoms with van der Waals surface area (Å²) in [6, 6.07) is 3.31. The molecule has 0 aliphatic rings. The number of aromatic nitrogens is 4. The number of hydrogen-bond donors (Lipinski definition) is 2. The molecule has 2 rings (SSSR count). The summed E-state index contributed by atoms with van der Waals surface area (Å²) in [5.41, 5.74) is 7.02. The number of amides is 1. The van der Waals surface area contributed by atoms with Crippen LogP contribution in [-0.4, -0.2) is 25.7 Å². The number of nitrogens with one attached hydrogen (secondary N) is 1. The molecule has 2 aromatic rings. The van der Waals surface area contributed by atoms with Crippen LogP contribution in [0.2, 0.25) is 0 Å². The molecule has 0 unspecified atom stereocenters. The van der Waals surface area contributed by atoms with Gasteiger partial charge in [-0.05, 0) is 18.1 Å². The first-order valence-electron chi connectivity index (χ1n) is 6.36. The Hall–Kier alpha value is -2.44. The second-order valence-electron chi connectivity index (χ2n) is 4.88. The van der Waals surface area contributed by atoms with Crippen molar-refractivity contribution >= 4 is 11.7 Å². The van der Waals surface area contributed by atoms with E-state index in [0.29, 0.717) is 17.2 Å². The molecule has 106 valence electrons. The predicted octanol–water partition coefficient (Wildman–Crippen LogP) is 0.846. The van der Waals surface area contributed by atoms with Crippen LogP contribution in [0.15, 0.2) is 18.5 Å². The number of aryl methyl sites for hydroxylation is 1. The number of rotatable bonds is 4. The van der Waals surface area contributed by atoms with Gasteiger partial charge in [0.25, 0.3) is 5.91 Å². The van der Waals surface area contributed by atoms with E-state index in [1.165, 1.54) is 0 Å². The lowest BCUT2D eigenvalue weighted by Crippen LogP contribution is -2.24. The highest BCUT2D eigenvalue weighted by atomic mass is 16.1. The van der Waals surface area contributed by atoms with Gasteiger partial charge in [0.05, 0.1) is 6.54 Å². The molecule has 7 nitrogen and oxygen atoms in total. The Kier molecular flexibility index (Phi) is 3.97. The van der Waals surface area contributed by atoms with Gasteiger partial charge in [-0.1, -0.05) is 13.8 Å². The topological polar surface area (TPSA) is 98.7 Å². The lowest BCUT2D eigenvalue weighted by molar-refractivity contribution is 0.0949. The van der Waals surface area contributed by atoms with Crippen LogP contribution >= 0.6 is 0 Å². The predicted molar refractivity (Wildman–Crippen MR) is 74.9 cm³/mol. The van der Waals surface area contributed by atoms with E-state index >= 15 is 0 Å². The quantitative estimate of drug-likeness (QED) is 0.861. The van der Waals surface area contributed by atoms with Gasteiger partial charge in [-0.15, -0.1) is 0 Å². The van der Waals surface area contributed by atoms with E-state index in [-0.39, 0.29) is 18.4 Å². The number of carbonyl (C=O) groups excluding carboxylic acids is 1. The van der Waals surface area contributed by atoms with Crippen LogP contribution in [0.1, 0.15) is 41.6 Å². The molecule has 20 heavy (non-hydrogen) atoms. The summed E-state index contributed by atoms with van der Waals surface area (Å²) in [6.45, 7) is 4.28. The van der Waals surface area contributed by atoms with E-state index < -0.39 is 0 Å². The molecule has 7 heteroatoms. The van der Waals surface area contributed by atoms with Crippen LogP contribution in [-0.2, 0) is 13.6 Å². The van der Waals surface area contributed by atoms with Crippen LogP contribution in [0.25, 0.3) is 0 Å². The van der Waals surface area contributed by atoms with Gasteiger partial charge in [0.2, 0.25) is 0 Å². The maximum absolute atomic E-state index is 12.1. The Labute approximate surface area is 117 Å². The molecule has 2 aromatic heterocycles. The van der Waals surface area contributed by atoms with Gasteiger partial charge in [-0.25, -0.2) is 9.97 Å². The Morgan fingerprint density at radius 2 is 2.20 bits per heavy atom. The monoisotopic (exact) mass is 274 g/mol. The molecule has 0 fully saturated rings. The third-order valence-electron chi connectivity index (χ3n) is 2.77. The minimum atomic E-state index is -0.214. The molecule has 1 amide bonds. The van der Waals surface area contributed by atoms with Crippen molar-refractivity contribution in [2.45, 2.75) is 26.3 Å². The summed E-state index contributed by atoms with van der Waals surface area (Å²) < 4.78 is 1.59. The molecule has 0 saturated carbocycles. The second kappa shape index (κ2) is 5.68. The molecule has 0 atom stereocenters. The number of nitrogens with zero attached hydrogens (tertiary/aromatic N) is 4. The molecule has 0 aliphatic heterocycles. The average molecular weight is 274 g/mol. The molecule has 0 radical (unpaired) electrons. The molecule has 0 bridgehead atoms. The summed E-state index contributed by atoms with van der Waals surface area (Å²) in [5.74, 6) is 0.903. The molecular weight excluding hydrogens is 256 g/mol. The van der Waals surface area contributed by atoms with Crippen molar-refractivity contribution in [3.8, 4) is 0 Å². The van der Waals surface area contributed by atoms with Crippen LogP contribution in [0.5, 0.6) is 0 Å². The molecular formula is C13H18N6O. The van der Waals surface area contributed by atoms with E-state index in [1.807, 2.05) is 13.8 Å². The molecule has 3 N–H and O–H groups in total. The largest absolute Gasteiger partial charge is 0.384 e. The normalized spacial score (nSPS) is 10.8. The Morgan fingerprint density at radius 3 is 2.80 bits per heavy atom. The van der Waals surface area contributed by atoms with Crippen molar-refractivity contribution in [1.82, 2.24) is 25.1 Å². The number of carbonyl (C=O) groups is 1. The maximum atomic E-state index is 12.1. The lowest BCUT2D eigenvalue weighted by atomic mass is 10.1. The van der Waals surface area contributed by atoms with Gasteiger partial charge >= 0.3 is 0 Å². The summed E-state index contributed by atoms with van der Waals surface area (Å²) in [5, 5.41) is 6.85. The fourth-order valence-electron chi connectivity index (χ4n) is 1.73. The smallest absolute Gasteiger partial charge is 0.251 e. The van der Waals surface area contributed by atoms with Gasteiger partial charge in [0.15, 0.2) is 5.82 Å².